The number of ether oxygens (including phenoxy) is 1. The van der Waals surface area contributed by atoms with Gasteiger partial charge in [-0.3, -0.25) is 4.79 Å². The molecule has 0 spiro atoms. The first-order valence-corrected chi connectivity index (χ1v) is 11.6. The summed E-state index contributed by atoms with van der Waals surface area (Å²) in [7, 11) is 1.64. The van der Waals surface area contributed by atoms with Crippen LogP contribution >= 0.6 is 0 Å². The molecule has 0 aliphatic heterocycles. The number of nitrogens with one attached hydrogen (secondary N) is 1. The average Bonchev–Trinajstić information content (AvgIpc) is 2.92. The van der Waals surface area contributed by atoms with Gasteiger partial charge in [0.15, 0.2) is 0 Å². The van der Waals surface area contributed by atoms with Gasteiger partial charge in [-0.15, -0.1) is 0 Å². The summed E-state index contributed by atoms with van der Waals surface area (Å²) < 4.78 is 5.40. The summed E-state index contributed by atoms with van der Waals surface area (Å²) in [6.45, 7) is 2.02. The van der Waals surface area contributed by atoms with E-state index in [9.17, 15) is 4.79 Å². The minimum Gasteiger partial charge on any atom is -0.497 e. The van der Waals surface area contributed by atoms with Gasteiger partial charge < -0.3 is 10.1 Å². The van der Waals surface area contributed by atoms with Crippen LogP contribution in [-0.4, -0.2) is 18.0 Å². The van der Waals surface area contributed by atoms with E-state index in [1.807, 2.05) is 116 Å². The number of benzene rings is 4. The summed E-state index contributed by atoms with van der Waals surface area (Å²) >= 11 is 0. The standard InChI is InChI=1S/C31H26N2O2/c1-21-16-17-28-26(18-21)27(20-29(32-28)24-14-9-15-25(19-24)35-2)31(34)33-30(22-10-5-3-6-11-22)23-12-7-4-8-13-23/h3-20,30H,1-2H3,(H,33,34). The molecule has 5 rings (SSSR count). The summed E-state index contributed by atoms with van der Waals surface area (Å²) in [6.07, 6.45) is 0. The van der Waals surface area contributed by atoms with Crippen LogP contribution in [0.1, 0.15) is 33.1 Å². The van der Waals surface area contributed by atoms with Crippen LogP contribution < -0.4 is 10.1 Å². The van der Waals surface area contributed by atoms with Crippen LogP contribution in [0, 0.1) is 6.92 Å². The molecule has 0 saturated heterocycles. The summed E-state index contributed by atoms with van der Waals surface area (Å²) in [5.41, 5.74) is 6.10. The van der Waals surface area contributed by atoms with Gasteiger partial charge in [0.05, 0.1) is 29.9 Å². The fourth-order valence-electron chi connectivity index (χ4n) is 4.32. The molecule has 4 aromatic carbocycles. The highest BCUT2D eigenvalue weighted by atomic mass is 16.5. The molecule has 0 radical (unpaired) electrons. The quantitative estimate of drug-likeness (QED) is 0.307. The number of hydrogen-bond acceptors (Lipinski definition) is 3. The zero-order chi connectivity index (χ0) is 24.2. The van der Waals surface area contributed by atoms with Crippen molar-refractivity contribution in [2.75, 3.05) is 7.11 Å². The minimum absolute atomic E-state index is 0.148. The topological polar surface area (TPSA) is 51.2 Å². The third-order valence-corrected chi connectivity index (χ3v) is 6.12. The normalized spacial score (nSPS) is 10.9. The predicted octanol–water partition coefficient (Wildman–Crippen LogP) is 6.74. The zero-order valence-corrected chi connectivity index (χ0v) is 19.7. The molecule has 35 heavy (non-hydrogen) atoms. The molecular formula is C31H26N2O2. The van der Waals surface area contributed by atoms with Gasteiger partial charge in [0, 0.05) is 10.9 Å². The molecule has 0 aliphatic carbocycles. The highest BCUT2D eigenvalue weighted by molar-refractivity contribution is 6.07. The van der Waals surface area contributed by atoms with E-state index in [2.05, 4.69) is 5.32 Å². The first-order valence-electron chi connectivity index (χ1n) is 11.6. The fraction of sp³-hybridized carbons (Fsp3) is 0.0968. The number of fused-ring (bicyclic) bond motifs is 1. The molecule has 172 valence electrons. The van der Waals surface area contributed by atoms with Crippen molar-refractivity contribution in [3.05, 3.63) is 131 Å². The largest absolute Gasteiger partial charge is 0.497 e. The van der Waals surface area contributed by atoms with Crippen molar-refractivity contribution in [2.24, 2.45) is 0 Å². The molecule has 0 aliphatic rings. The summed E-state index contributed by atoms with van der Waals surface area (Å²) in [4.78, 5) is 18.7. The van der Waals surface area contributed by atoms with Crippen molar-refractivity contribution < 1.29 is 9.53 Å². The number of rotatable bonds is 6. The maximum Gasteiger partial charge on any atom is 0.252 e. The number of methoxy groups -OCH3 is 1. The molecule has 0 fully saturated rings. The lowest BCUT2D eigenvalue weighted by atomic mass is 9.97. The van der Waals surface area contributed by atoms with Crippen LogP contribution in [0.15, 0.2) is 109 Å². The molecule has 0 bridgehead atoms. The van der Waals surface area contributed by atoms with Gasteiger partial charge in [-0.25, -0.2) is 4.98 Å². The van der Waals surface area contributed by atoms with Crippen LogP contribution in [-0.2, 0) is 0 Å². The third kappa shape index (κ3) is 4.78. The van der Waals surface area contributed by atoms with Gasteiger partial charge in [-0.05, 0) is 48.4 Å². The number of hydrogen-bond donors (Lipinski definition) is 1. The Kier molecular flexibility index (Phi) is 6.27. The maximum atomic E-state index is 13.9. The van der Waals surface area contributed by atoms with Crippen LogP contribution in [0.4, 0.5) is 0 Å². The van der Waals surface area contributed by atoms with Gasteiger partial charge in [-0.1, -0.05) is 84.4 Å². The molecule has 1 heterocycles. The number of nitrogens with zero attached hydrogens (tertiary/aromatic N) is 1. The molecule has 0 atom stereocenters. The first kappa shape index (κ1) is 22.4. The maximum absolute atomic E-state index is 13.9. The molecular weight excluding hydrogens is 432 g/mol. The van der Waals surface area contributed by atoms with Crippen molar-refractivity contribution in [2.45, 2.75) is 13.0 Å². The zero-order valence-electron chi connectivity index (χ0n) is 19.7. The van der Waals surface area contributed by atoms with Gasteiger partial charge in [0.2, 0.25) is 0 Å². The second-order valence-corrected chi connectivity index (χ2v) is 8.54. The Bertz CT molecular complexity index is 1440. The first-order chi connectivity index (χ1) is 17.1. The highest BCUT2D eigenvalue weighted by Gasteiger charge is 2.20. The molecule has 1 amide bonds. The predicted molar refractivity (Wildman–Crippen MR) is 141 cm³/mol. The van der Waals surface area contributed by atoms with Crippen LogP contribution in [0.25, 0.3) is 22.2 Å². The van der Waals surface area contributed by atoms with Crippen LogP contribution in [0.5, 0.6) is 5.75 Å². The number of aryl methyl sites for hydroxylation is 1. The van der Waals surface area contributed by atoms with E-state index in [0.717, 1.165) is 44.6 Å². The Morgan fingerprint density at radius 1 is 0.800 bits per heavy atom. The second-order valence-electron chi connectivity index (χ2n) is 8.54. The lowest BCUT2D eigenvalue weighted by Crippen LogP contribution is -2.29. The van der Waals surface area contributed by atoms with Crippen molar-refractivity contribution in [3.63, 3.8) is 0 Å². The lowest BCUT2D eigenvalue weighted by molar-refractivity contribution is 0.0944. The van der Waals surface area contributed by atoms with E-state index in [-0.39, 0.29) is 11.9 Å². The van der Waals surface area contributed by atoms with E-state index < -0.39 is 0 Å². The molecule has 1 aromatic heterocycles. The molecule has 0 unspecified atom stereocenters. The highest BCUT2D eigenvalue weighted by Crippen LogP contribution is 2.29. The van der Waals surface area contributed by atoms with Crippen LogP contribution in [0.2, 0.25) is 0 Å². The van der Waals surface area contributed by atoms with Gasteiger partial charge >= 0.3 is 0 Å². The Morgan fingerprint density at radius 2 is 1.49 bits per heavy atom. The average molecular weight is 459 g/mol. The molecule has 0 saturated carbocycles. The van der Waals surface area contributed by atoms with E-state index in [1.54, 1.807) is 7.11 Å². The Hall–Kier alpha value is -4.44. The fourth-order valence-corrected chi connectivity index (χ4v) is 4.32. The third-order valence-electron chi connectivity index (χ3n) is 6.12. The van der Waals surface area contributed by atoms with E-state index in [1.165, 1.54) is 0 Å². The molecule has 1 N–H and O–H groups in total. The van der Waals surface area contributed by atoms with Crippen molar-refractivity contribution >= 4 is 16.8 Å². The number of carbonyl (C=O) groups excluding carboxylic acids is 1. The minimum atomic E-state index is -0.279. The summed E-state index contributed by atoms with van der Waals surface area (Å²) in [6, 6.07) is 35.4. The lowest BCUT2D eigenvalue weighted by Gasteiger charge is -2.21. The van der Waals surface area contributed by atoms with Gasteiger partial charge in [-0.2, -0.15) is 0 Å². The van der Waals surface area contributed by atoms with E-state index >= 15 is 0 Å². The monoisotopic (exact) mass is 458 g/mol. The number of amides is 1. The molecule has 4 nitrogen and oxygen atoms in total. The summed E-state index contributed by atoms with van der Waals surface area (Å²) in [5.74, 6) is 0.595. The van der Waals surface area contributed by atoms with Crippen molar-refractivity contribution in [3.8, 4) is 17.0 Å². The van der Waals surface area contributed by atoms with E-state index in [0.29, 0.717) is 5.56 Å². The SMILES string of the molecule is COc1cccc(-c2cc(C(=O)NC(c3ccccc3)c3ccccc3)c3cc(C)ccc3n2)c1. The Balaban J connectivity index is 1.61. The van der Waals surface area contributed by atoms with Crippen LogP contribution in [0.3, 0.4) is 0 Å². The summed E-state index contributed by atoms with van der Waals surface area (Å²) in [5, 5.41) is 4.12. The Labute approximate surface area is 205 Å². The Morgan fingerprint density at radius 3 is 2.14 bits per heavy atom. The van der Waals surface area contributed by atoms with Crippen molar-refractivity contribution in [1.29, 1.82) is 0 Å². The van der Waals surface area contributed by atoms with Gasteiger partial charge in [0.25, 0.3) is 5.91 Å². The second kappa shape index (κ2) is 9.82. The van der Waals surface area contributed by atoms with E-state index in [4.69, 9.17) is 9.72 Å². The van der Waals surface area contributed by atoms with Crippen molar-refractivity contribution in [1.82, 2.24) is 10.3 Å². The smallest absolute Gasteiger partial charge is 0.252 e. The number of pyridine rings is 1. The molecule has 4 heteroatoms. The van der Waals surface area contributed by atoms with Gasteiger partial charge in [0.1, 0.15) is 5.75 Å². The molecule has 5 aromatic rings. The number of aromatic nitrogens is 1. The number of carbonyl (C=O) groups is 1.